The molecule has 0 nitrogen and oxygen atoms in total. The van der Waals surface area contributed by atoms with Crippen LogP contribution in [0.3, 0.4) is 0 Å². The average molecular weight is 188 g/mol. The molecule has 0 heterocycles. The van der Waals surface area contributed by atoms with Crippen molar-refractivity contribution in [1.29, 1.82) is 0 Å². The van der Waals surface area contributed by atoms with E-state index in [1.54, 1.807) is 0 Å². The van der Waals surface area contributed by atoms with Gasteiger partial charge in [-0.15, -0.1) is 6.58 Å². The highest BCUT2D eigenvalue weighted by atomic mass is 14.5. The summed E-state index contributed by atoms with van der Waals surface area (Å²) < 4.78 is 0. The Bertz CT molecular complexity index is 282. The molecule has 4 unspecified atom stereocenters. The average Bonchev–Trinajstić information content (AvgIpc) is 2.73. The molecule has 0 aromatic rings. The van der Waals surface area contributed by atoms with Gasteiger partial charge in [0.05, 0.1) is 0 Å². The molecule has 1 saturated carbocycles. The normalized spacial score (nSPS) is 40.6. The lowest BCUT2D eigenvalue weighted by molar-refractivity contribution is 0.652. The first kappa shape index (κ1) is 9.76. The molecule has 2 aliphatic carbocycles. The fourth-order valence-corrected chi connectivity index (χ4v) is 2.54. The highest BCUT2D eigenvalue weighted by Gasteiger charge is 2.42. The number of hydrogen-bond donors (Lipinski definition) is 0. The van der Waals surface area contributed by atoms with Gasteiger partial charge < -0.3 is 0 Å². The summed E-state index contributed by atoms with van der Waals surface area (Å²) in [7, 11) is 0. The largest absolute Gasteiger partial charge is 0.103 e. The van der Waals surface area contributed by atoms with Crippen molar-refractivity contribution in [2.45, 2.75) is 26.7 Å². The maximum absolute atomic E-state index is 3.87. The molecule has 1 fully saturated rings. The summed E-state index contributed by atoms with van der Waals surface area (Å²) in [6.45, 7) is 8.47. The molecule has 76 valence electrons. The van der Waals surface area contributed by atoms with Gasteiger partial charge in [0.1, 0.15) is 0 Å². The lowest BCUT2D eigenvalue weighted by Gasteiger charge is -2.18. The molecule has 0 heteroatoms. The zero-order valence-corrected chi connectivity index (χ0v) is 9.24. The van der Waals surface area contributed by atoms with E-state index in [9.17, 15) is 0 Å². The fraction of sp³-hybridized carbons (Fsp3) is 0.571. The van der Waals surface area contributed by atoms with Crippen LogP contribution in [0.1, 0.15) is 26.7 Å². The minimum atomic E-state index is 0.786. The molecule has 0 saturated heterocycles. The quantitative estimate of drug-likeness (QED) is 0.586. The number of hydrogen-bond acceptors (Lipinski definition) is 0. The van der Waals surface area contributed by atoms with E-state index >= 15 is 0 Å². The van der Waals surface area contributed by atoms with Crippen molar-refractivity contribution in [1.82, 2.24) is 0 Å². The van der Waals surface area contributed by atoms with Gasteiger partial charge in [0.25, 0.3) is 0 Å². The Kier molecular flexibility index (Phi) is 2.62. The van der Waals surface area contributed by atoms with Crippen LogP contribution in [-0.2, 0) is 0 Å². The molecule has 2 rings (SSSR count). The molecule has 4 atom stereocenters. The van der Waals surface area contributed by atoms with Crippen LogP contribution in [0.4, 0.5) is 0 Å². The molecule has 0 aliphatic heterocycles. The van der Waals surface area contributed by atoms with Crippen LogP contribution >= 0.6 is 0 Å². The molecule has 0 N–H and O–H groups in total. The first-order valence-electron chi connectivity index (χ1n) is 5.72. The van der Waals surface area contributed by atoms with Crippen LogP contribution in [0, 0.1) is 23.7 Å². The second-order valence-corrected chi connectivity index (χ2v) is 4.90. The van der Waals surface area contributed by atoms with E-state index in [2.05, 4.69) is 44.7 Å². The molecule has 0 aromatic carbocycles. The summed E-state index contributed by atoms with van der Waals surface area (Å²) in [5.74, 6) is 3.35. The van der Waals surface area contributed by atoms with Gasteiger partial charge >= 0.3 is 0 Å². The molecular formula is C14H20. The SMILES string of the molecule is C=CC1C(C)C1CC=CC1=CC(C)C1. The van der Waals surface area contributed by atoms with Gasteiger partial charge in [0, 0.05) is 0 Å². The molecule has 14 heavy (non-hydrogen) atoms. The van der Waals surface area contributed by atoms with E-state index in [4.69, 9.17) is 0 Å². The van der Waals surface area contributed by atoms with Crippen molar-refractivity contribution in [2.24, 2.45) is 23.7 Å². The van der Waals surface area contributed by atoms with Gasteiger partial charge in [0.2, 0.25) is 0 Å². The van der Waals surface area contributed by atoms with Crippen molar-refractivity contribution < 1.29 is 0 Å². The zero-order valence-electron chi connectivity index (χ0n) is 9.24. The van der Waals surface area contributed by atoms with E-state index < -0.39 is 0 Å². The molecule has 0 spiro atoms. The van der Waals surface area contributed by atoms with Crippen molar-refractivity contribution in [3.05, 3.63) is 36.5 Å². The second kappa shape index (κ2) is 3.76. The third-order valence-corrected chi connectivity index (χ3v) is 3.70. The van der Waals surface area contributed by atoms with Gasteiger partial charge in [-0.1, -0.05) is 43.7 Å². The van der Waals surface area contributed by atoms with E-state index in [-0.39, 0.29) is 0 Å². The lowest BCUT2D eigenvalue weighted by Crippen LogP contribution is -2.03. The third-order valence-electron chi connectivity index (χ3n) is 3.70. The van der Waals surface area contributed by atoms with Crippen LogP contribution in [0.5, 0.6) is 0 Å². The first-order valence-corrected chi connectivity index (χ1v) is 5.72. The Morgan fingerprint density at radius 2 is 2.21 bits per heavy atom. The van der Waals surface area contributed by atoms with E-state index in [1.165, 1.54) is 18.4 Å². The van der Waals surface area contributed by atoms with Gasteiger partial charge in [0.15, 0.2) is 0 Å². The maximum atomic E-state index is 3.87. The summed E-state index contributed by atoms with van der Waals surface area (Å²) >= 11 is 0. The van der Waals surface area contributed by atoms with Gasteiger partial charge in [-0.25, -0.2) is 0 Å². The highest BCUT2D eigenvalue weighted by Crippen LogP contribution is 2.49. The summed E-state index contributed by atoms with van der Waals surface area (Å²) in [4.78, 5) is 0. The van der Waals surface area contributed by atoms with Crippen molar-refractivity contribution in [3.63, 3.8) is 0 Å². The smallest absolute Gasteiger partial charge is 0.0173 e. The van der Waals surface area contributed by atoms with Crippen LogP contribution in [0.25, 0.3) is 0 Å². The zero-order chi connectivity index (χ0) is 10.1. The van der Waals surface area contributed by atoms with Gasteiger partial charge in [-0.2, -0.15) is 0 Å². The van der Waals surface area contributed by atoms with Crippen molar-refractivity contribution in [3.8, 4) is 0 Å². The summed E-state index contributed by atoms with van der Waals surface area (Å²) in [5, 5.41) is 0. The van der Waals surface area contributed by atoms with Gasteiger partial charge in [-0.05, 0) is 36.5 Å². The Morgan fingerprint density at radius 3 is 2.71 bits per heavy atom. The molecule has 0 bridgehead atoms. The first-order chi connectivity index (χ1) is 6.72. The van der Waals surface area contributed by atoms with Crippen LogP contribution < -0.4 is 0 Å². The highest BCUT2D eigenvalue weighted by molar-refractivity contribution is 5.28. The van der Waals surface area contributed by atoms with Crippen LogP contribution in [0.15, 0.2) is 36.5 Å². The minimum absolute atomic E-state index is 0.786. The topological polar surface area (TPSA) is 0 Å². The van der Waals surface area contributed by atoms with E-state index in [0.29, 0.717) is 0 Å². The Labute approximate surface area is 87.4 Å². The Morgan fingerprint density at radius 1 is 1.50 bits per heavy atom. The Hall–Kier alpha value is -0.780. The van der Waals surface area contributed by atoms with Crippen LogP contribution in [-0.4, -0.2) is 0 Å². The van der Waals surface area contributed by atoms with E-state index in [0.717, 1.165) is 23.7 Å². The molecular weight excluding hydrogens is 168 g/mol. The standard InChI is InChI=1S/C14H20/c1-4-13-11(3)14(13)7-5-6-12-8-10(2)9-12/h4-6,8,10-11,13-14H,1,7,9H2,2-3H3. The monoisotopic (exact) mass is 188 g/mol. The number of allylic oxidation sites excluding steroid dienone is 5. The van der Waals surface area contributed by atoms with Crippen LogP contribution in [0.2, 0.25) is 0 Å². The number of rotatable bonds is 4. The summed E-state index contributed by atoms with van der Waals surface area (Å²) in [6.07, 6.45) is 11.7. The van der Waals surface area contributed by atoms with E-state index in [1.807, 2.05) is 0 Å². The molecule has 0 radical (unpaired) electrons. The van der Waals surface area contributed by atoms with Crippen molar-refractivity contribution >= 4 is 0 Å². The Balaban J connectivity index is 1.73. The summed E-state index contributed by atoms with van der Waals surface area (Å²) in [5.41, 5.74) is 1.53. The summed E-state index contributed by atoms with van der Waals surface area (Å²) in [6, 6.07) is 0. The lowest BCUT2D eigenvalue weighted by atomic mass is 9.88. The van der Waals surface area contributed by atoms with Gasteiger partial charge in [-0.3, -0.25) is 0 Å². The molecule has 0 aromatic heterocycles. The second-order valence-electron chi connectivity index (χ2n) is 4.90. The third kappa shape index (κ3) is 1.84. The minimum Gasteiger partial charge on any atom is -0.103 e. The maximum Gasteiger partial charge on any atom is -0.0173 e. The molecule has 0 amide bonds. The predicted octanol–water partition coefficient (Wildman–Crippen LogP) is 3.97. The fourth-order valence-electron chi connectivity index (χ4n) is 2.54. The molecule has 2 aliphatic rings. The van der Waals surface area contributed by atoms with Crippen molar-refractivity contribution in [2.75, 3.05) is 0 Å². The predicted molar refractivity (Wildman–Crippen MR) is 62.0 cm³/mol.